The average molecular weight is 308 g/mol. The van der Waals surface area contributed by atoms with Crippen molar-refractivity contribution in [2.75, 3.05) is 7.05 Å². The van der Waals surface area contributed by atoms with Gasteiger partial charge >= 0.3 is 0 Å². The van der Waals surface area contributed by atoms with E-state index in [-0.39, 0.29) is 6.04 Å². The maximum atomic E-state index is 6.36. The Bertz CT molecular complexity index is 523. The van der Waals surface area contributed by atoms with Gasteiger partial charge in [0.2, 0.25) is 0 Å². The maximum Gasteiger partial charge on any atom is 0.0561 e. The lowest BCUT2D eigenvalue weighted by Crippen LogP contribution is -2.27. The molecule has 3 atom stereocenters. The van der Waals surface area contributed by atoms with E-state index in [0.29, 0.717) is 11.8 Å². The molecule has 0 bridgehead atoms. The minimum atomic E-state index is 0.264. The van der Waals surface area contributed by atoms with Gasteiger partial charge in [0.05, 0.1) is 5.02 Å². The molecule has 1 N–H and O–H groups in total. The lowest BCUT2D eigenvalue weighted by molar-refractivity contribution is 0.358. The molecule has 1 nitrogen and oxygen atoms in total. The predicted molar refractivity (Wildman–Crippen MR) is 89.8 cm³/mol. The van der Waals surface area contributed by atoms with E-state index in [2.05, 4.69) is 54.9 Å². The quantitative estimate of drug-likeness (QED) is 0.744. The van der Waals surface area contributed by atoms with Gasteiger partial charge in [-0.25, -0.2) is 0 Å². The van der Waals surface area contributed by atoms with Crippen molar-refractivity contribution >= 4 is 22.9 Å². The molecule has 1 heterocycles. The Balaban J connectivity index is 2.42. The van der Waals surface area contributed by atoms with Crippen molar-refractivity contribution in [3.63, 3.8) is 0 Å². The summed E-state index contributed by atoms with van der Waals surface area (Å²) in [5.74, 6) is 1.02. The highest BCUT2D eigenvalue weighted by Crippen LogP contribution is 2.42. The second kappa shape index (κ2) is 7.26. The summed E-state index contributed by atoms with van der Waals surface area (Å²) in [4.78, 5) is 1.24. The van der Waals surface area contributed by atoms with E-state index >= 15 is 0 Å². The van der Waals surface area contributed by atoms with Gasteiger partial charge in [0.25, 0.3) is 0 Å². The van der Waals surface area contributed by atoms with Crippen LogP contribution in [0.2, 0.25) is 5.02 Å². The van der Waals surface area contributed by atoms with Crippen molar-refractivity contribution in [1.29, 1.82) is 0 Å². The van der Waals surface area contributed by atoms with E-state index in [0.717, 1.165) is 11.4 Å². The third-order valence-corrected chi connectivity index (χ3v) is 5.48. The third-order valence-electron chi connectivity index (χ3n) is 4.04. The van der Waals surface area contributed by atoms with Gasteiger partial charge in [-0.1, -0.05) is 62.2 Å². The fourth-order valence-corrected chi connectivity index (χ4v) is 4.11. The fourth-order valence-electron chi connectivity index (χ4n) is 2.78. The average Bonchev–Trinajstić information content (AvgIpc) is 2.90. The molecule has 0 spiro atoms. The third kappa shape index (κ3) is 3.25. The molecule has 0 fully saturated rings. The number of likely N-dealkylation sites (N-methyl/N-ethyl adjacent to an activating group) is 1. The standard InChI is InChI=1S/C17H22ClNS/c1-4-12(2)15(13-8-6-5-7-9-13)16(19-3)17-14(18)10-11-20-17/h5-12,15-16,19H,4H2,1-3H3. The summed E-state index contributed by atoms with van der Waals surface area (Å²) < 4.78 is 0. The molecule has 108 valence electrons. The summed E-state index contributed by atoms with van der Waals surface area (Å²) in [6.07, 6.45) is 1.15. The summed E-state index contributed by atoms with van der Waals surface area (Å²) >= 11 is 8.10. The molecular weight excluding hydrogens is 286 g/mol. The second-order valence-corrected chi connectivity index (χ2v) is 6.58. The smallest absolute Gasteiger partial charge is 0.0561 e. The Labute approximate surface area is 131 Å². The van der Waals surface area contributed by atoms with Crippen LogP contribution in [0.1, 0.15) is 42.7 Å². The van der Waals surface area contributed by atoms with Gasteiger partial charge in [-0.15, -0.1) is 11.3 Å². The highest BCUT2D eigenvalue weighted by molar-refractivity contribution is 7.10. The van der Waals surface area contributed by atoms with E-state index in [1.54, 1.807) is 11.3 Å². The number of hydrogen-bond donors (Lipinski definition) is 1. The van der Waals surface area contributed by atoms with Crippen molar-refractivity contribution in [2.24, 2.45) is 5.92 Å². The lowest BCUT2D eigenvalue weighted by atomic mass is 9.79. The zero-order valence-electron chi connectivity index (χ0n) is 12.3. The largest absolute Gasteiger partial charge is 0.312 e. The molecule has 3 unspecified atom stereocenters. The highest BCUT2D eigenvalue weighted by atomic mass is 35.5. The molecule has 0 aliphatic heterocycles. The van der Waals surface area contributed by atoms with Gasteiger partial charge in [0.1, 0.15) is 0 Å². The fraction of sp³-hybridized carbons (Fsp3) is 0.412. The van der Waals surface area contributed by atoms with E-state index < -0.39 is 0 Å². The Morgan fingerprint density at radius 3 is 2.40 bits per heavy atom. The molecule has 0 aliphatic carbocycles. The zero-order chi connectivity index (χ0) is 14.5. The number of halogens is 1. The molecule has 2 rings (SSSR count). The summed E-state index contributed by atoms with van der Waals surface area (Å²) in [6, 6.07) is 13.0. The van der Waals surface area contributed by atoms with E-state index in [1.807, 2.05) is 13.1 Å². The maximum absolute atomic E-state index is 6.36. The number of rotatable bonds is 6. The van der Waals surface area contributed by atoms with E-state index in [9.17, 15) is 0 Å². The SMILES string of the molecule is CCC(C)C(c1ccccc1)C(NC)c1sccc1Cl. The molecule has 0 radical (unpaired) electrons. The summed E-state index contributed by atoms with van der Waals surface area (Å²) in [5, 5.41) is 6.43. The van der Waals surface area contributed by atoms with Gasteiger partial charge in [0, 0.05) is 16.8 Å². The van der Waals surface area contributed by atoms with Crippen LogP contribution in [0.4, 0.5) is 0 Å². The van der Waals surface area contributed by atoms with Gasteiger partial charge in [-0.3, -0.25) is 0 Å². The Hall–Kier alpha value is -0.830. The molecule has 1 aromatic carbocycles. The monoisotopic (exact) mass is 307 g/mol. The number of thiophene rings is 1. The topological polar surface area (TPSA) is 12.0 Å². The molecule has 1 aromatic heterocycles. The number of hydrogen-bond acceptors (Lipinski definition) is 2. The zero-order valence-corrected chi connectivity index (χ0v) is 13.8. The van der Waals surface area contributed by atoms with Gasteiger partial charge < -0.3 is 5.32 Å². The first-order valence-electron chi connectivity index (χ1n) is 7.14. The van der Waals surface area contributed by atoms with Crippen molar-refractivity contribution in [3.05, 3.63) is 57.2 Å². The lowest BCUT2D eigenvalue weighted by Gasteiger charge is -2.31. The first-order chi connectivity index (χ1) is 9.69. The van der Waals surface area contributed by atoms with Crippen molar-refractivity contribution in [3.8, 4) is 0 Å². The van der Waals surface area contributed by atoms with Crippen LogP contribution in [0.5, 0.6) is 0 Å². The van der Waals surface area contributed by atoms with Crippen LogP contribution in [0, 0.1) is 5.92 Å². The Morgan fingerprint density at radius 2 is 1.90 bits per heavy atom. The minimum absolute atomic E-state index is 0.264. The number of benzene rings is 1. The predicted octanol–water partition coefficient (Wildman–Crippen LogP) is 5.49. The molecule has 20 heavy (non-hydrogen) atoms. The van der Waals surface area contributed by atoms with Gasteiger partial charge in [-0.05, 0) is 30.0 Å². The number of nitrogens with one attached hydrogen (secondary N) is 1. The minimum Gasteiger partial charge on any atom is -0.312 e. The summed E-state index contributed by atoms with van der Waals surface area (Å²) in [6.45, 7) is 4.58. The molecule has 0 amide bonds. The Morgan fingerprint density at radius 1 is 1.20 bits per heavy atom. The Kier molecular flexibility index (Phi) is 5.64. The highest BCUT2D eigenvalue weighted by Gasteiger charge is 2.29. The molecular formula is C17H22ClNS. The van der Waals surface area contributed by atoms with Crippen LogP contribution in [-0.4, -0.2) is 7.05 Å². The molecule has 0 aliphatic rings. The van der Waals surface area contributed by atoms with E-state index in [1.165, 1.54) is 10.4 Å². The van der Waals surface area contributed by atoms with Crippen LogP contribution in [0.3, 0.4) is 0 Å². The van der Waals surface area contributed by atoms with Crippen LogP contribution < -0.4 is 5.32 Å². The molecule has 2 aromatic rings. The first-order valence-corrected chi connectivity index (χ1v) is 8.39. The van der Waals surface area contributed by atoms with Crippen molar-refractivity contribution < 1.29 is 0 Å². The van der Waals surface area contributed by atoms with Crippen LogP contribution in [0.25, 0.3) is 0 Å². The first kappa shape index (κ1) is 15.6. The van der Waals surface area contributed by atoms with Crippen LogP contribution in [-0.2, 0) is 0 Å². The molecule has 0 saturated carbocycles. The molecule has 3 heteroatoms. The van der Waals surface area contributed by atoms with Crippen molar-refractivity contribution in [2.45, 2.75) is 32.2 Å². The van der Waals surface area contributed by atoms with Gasteiger partial charge in [0.15, 0.2) is 0 Å². The van der Waals surface area contributed by atoms with Gasteiger partial charge in [-0.2, -0.15) is 0 Å². The van der Waals surface area contributed by atoms with Crippen LogP contribution >= 0.6 is 22.9 Å². The van der Waals surface area contributed by atoms with Crippen LogP contribution in [0.15, 0.2) is 41.8 Å². The summed E-state index contributed by atoms with van der Waals surface area (Å²) in [7, 11) is 2.03. The van der Waals surface area contributed by atoms with Crippen molar-refractivity contribution in [1.82, 2.24) is 5.32 Å². The summed E-state index contributed by atoms with van der Waals surface area (Å²) in [5.41, 5.74) is 1.38. The van der Waals surface area contributed by atoms with E-state index in [4.69, 9.17) is 11.6 Å². The second-order valence-electron chi connectivity index (χ2n) is 5.22. The molecule has 0 saturated heterocycles. The normalized spacial score (nSPS) is 15.8.